The number of nitrogens with zero attached hydrogens (tertiary/aromatic N) is 1. The number of carbonyl (C=O) groups excluding carboxylic acids is 2. The second kappa shape index (κ2) is 11.6. The molecule has 0 heterocycles. The van der Waals surface area contributed by atoms with E-state index in [1.54, 1.807) is 18.9 Å². The molecule has 0 saturated carbocycles. The molecular weight excluding hydrogens is 318 g/mol. The van der Waals surface area contributed by atoms with Crippen LogP contribution in [0.4, 0.5) is 0 Å². The van der Waals surface area contributed by atoms with Crippen molar-refractivity contribution in [2.75, 3.05) is 33.9 Å². The Kier molecular flexibility index (Phi) is 9.85. The second-order valence-corrected chi connectivity index (χ2v) is 6.45. The molecule has 140 valence electrons. The number of aryl methyl sites for hydroxylation is 2. The molecule has 0 aliphatic heterocycles. The lowest BCUT2D eigenvalue weighted by Gasteiger charge is -2.25. The average Bonchev–Trinajstić information content (AvgIpc) is 2.61. The highest BCUT2D eigenvalue weighted by Crippen LogP contribution is 2.10. The summed E-state index contributed by atoms with van der Waals surface area (Å²) in [7, 11) is 3.02. The smallest absolute Gasteiger partial charge is 0.310 e. The third kappa shape index (κ3) is 8.16. The van der Waals surface area contributed by atoms with Crippen LogP contribution < -0.4 is 0 Å². The van der Waals surface area contributed by atoms with Gasteiger partial charge in [0, 0.05) is 33.2 Å². The van der Waals surface area contributed by atoms with E-state index in [0.717, 1.165) is 19.3 Å². The average molecular weight is 349 g/mol. The number of carbonyl (C=O) groups is 2. The molecule has 0 aliphatic carbocycles. The van der Waals surface area contributed by atoms with Gasteiger partial charge in [0.1, 0.15) is 0 Å². The molecule has 5 nitrogen and oxygen atoms in total. The number of hydrogen-bond donors (Lipinski definition) is 0. The van der Waals surface area contributed by atoms with E-state index in [-0.39, 0.29) is 17.8 Å². The Labute approximate surface area is 151 Å². The Morgan fingerprint density at radius 1 is 1.12 bits per heavy atom. The zero-order chi connectivity index (χ0) is 18.7. The van der Waals surface area contributed by atoms with Gasteiger partial charge < -0.3 is 14.4 Å². The number of ether oxygens (including phenoxy) is 2. The van der Waals surface area contributed by atoms with Crippen LogP contribution in [0.15, 0.2) is 24.3 Å². The first-order valence-corrected chi connectivity index (χ1v) is 8.88. The molecule has 5 heteroatoms. The van der Waals surface area contributed by atoms with Gasteiger partial charge in [0.25, 0.3) is 0 Å². The van der Waals surface area contributed by atoms with Gasteiger partial charge in [-0.1, -0.05) is 36.8 Å². The fourth-order valence-corrected chi connectivity index (χ4v) is 2.68. The summed E-state index contributed by atoms with van der Waals surface area (Å²) >= 11 is 0. The number of benzene rings is 1. The molecule has 1 amide bonds. The van der Waals surface area contributed by atoms with Gasteiger partial charge in [0.15, 0.2) is 0 Å². The maximum atomic E-state index is 12.6. The van der Waals surface area contributed by atoms with Crippen molar-refractivity contribution < 1.29 is 19.1 Å². The lowest BCUT2D eigenvalue weighted by atomic mass is 10.1. The van der Waals surface area contributed by atoms with Crippen molar-refractivity contribution in [3.8, 4) is 0 Å². The van der Waals surface area contributed by atoms with Crippen LogP contribution in [0.3, 0.4) is 0 Å². The molecule has 1 atom stereocenters. The summed E-state index contributed by atoms with van der Waals surface area (Å²) in [5.74, 6) is -0.531. The summed E-state index contributed by atoms with van der Waals surface area (Å²) < 4.78 is 9.83. The lowest BCUT2D eigenvalue weighted by molar-refractivity contribution is -0.146. The minimum Gasteiger partial charge on any atom is -0.469 e. The summed E-state index contributed by atoms with van der Waals surface area (Å²) in [6.45, 7) is 5.43. The van der Waals surface area contributed by atoms with Crippen LogP contribution in [0.1, 0.15) is 37.3 Å². The summed E-state index contributed by atoms with van der Waals surface area (Å²) in [5, 5.41) is 0. The van der Waals surface area contributed by atoms with E-state index in [1.807, 2.05) is 0 Å². The minimum atomic E-state index is -0.325. The molecule has 0 N–H and O–H groups in total. The fraction of sp³-hybridized carbons (Fsp3) is 0.600. The fourth-order valence-electron chi connectivity index (χ4n) is 2.68. The van der Waals surface area contributed by atoms with Crippen LogP contribution in [0.25, 0.3) is 0 Å². The van der Waals surface area contributed by atoms with Gasteiger partial charge in [0.2, 0.25) is 5.91 Å². The molecule has 0 aromatic heterocycles. The van der Waals surface area contributed by atoms with Gasteiger partial charge in [-0.15, -0.1) is 0 Å². The summed E-state index contributed by atoms with van der Waals surface area (Å²) in [4.78, 5) is 26.0. The van der Waals surface area contributed by atoms with Crippen LogP contribution in [0.2, 0.25) is 0 Å². The van der Waals surface area contributed by atoms with E-state index < -0.39 is 0 Å². The molecule has 1 unspecified atom stereocenters. The predicted octanol–water partition coefficient (Wildman–Crippen LogP) is 2.99. The summed E-state index contributed by atoms with van der Waals surface area (Å²) in [5.41, 5.74) is 2.48. The van der Waals surface area contributed by atoms with Gasteiger partial charge >= 0.3 is 5.97 Å². The molecule has 1 aromatic rings. The highest BCUT2D eigenvalue weighted by molar-refractivity contribution is 5.78. The van der Waals surface area contributed by atoms with Crippen LogP contribution >= 0.6 is 0 Å². The highest BCUT2D eigenvalue weighted by Gasteiger charge is 2.21. The molecule has 0 bridgehead atoms. The van der Waals surface area contributed by atoms with Crippen molar-refractivity contribution in [2.45, 2.75) is 39.5 Å². The highest BCUT2D eigenvalue weighted by atomic mass is 16.5. The Hall–Kier alpha value is -1.88. The Morgan fingerprint density at radius 3 is 2.40 bits per heavy atom. The van der Waals surface area contributed by atoms with Crippen molar-refractivity contribution in [3.63, 3.8) is 0 Å². The standard InChI is InChI=1S/C20H31NO4/c1-16-9-11-18(12-10-16)7-5-8-19(22)21(13-6-14-24-3)15-17(2)20(23)25-4/h9-12,17H,5-8,13-15H2,1-4H3. The summed E-state index contributed by atoms with van der Waals surface area (Å²) in [6.07, 6.45) is 2.92. The monoisotopic (exact) mass is 349 g/mol. The van der Waals surface area contributed by atoms with E-state index in [9.17, 15) is 9.59 Å². The van der Waals surface area contributed by atoms with E-state index in [1.165, 1.54) is 18.2 Å². The molecule has 25 heavy (non-hydrogen) atoms. The lowest BCUT2D eigenvalue weighted by Crippen LogP contribution is -2.38. The van der Waals surface area contributed by atoms with E-state index in [0.29, 0.717) is 26.1 Å². The van der Waals surface area contributed by atoms with E-state index >= 15 is 0 Å². The maximum absolute atomic E-state index is 12.6. The van der Waals surface area contributed by atoms with E-state index in [2.05, 4.69) is 31.2 Å². The van der Waals surface area contributed by atoms with Gasteiger partial charge in [-0.3, -0.25) is 9.59 Å². The van der Waals surface area contributed by atoms with Crippen molar-refractivity contribution in [1.82, 2.24) is 4.90 Å². The zero-order valence-corrected chi connectivity index (χ0v) is 15.9. The van der Waals surface area contributed by atoms with Crippen LogP contribution in [0.5, 0.6) is 0 Å². The normalized spacial score (nSPS) is 11.8. The van der Waals surface area contributed by atoms with Crippen molar-refractivity contribution in [3.05, 3.63) is 35.4 Å². The third-order valence-electron chi connectivity index (χ3n) is 4.20. The minimum absolute atomic E-state index is 0.0824. The second-order valence-electron chi connectivity index (χ2n) is 6.45. The zero-order valence-electron chi connectivity index (χ0n) is 15.9. The molecule has 0 spiro atoms. The van der Waals surface area contributed by atoms with Crippen molar-refractivity contribution in [2.24, 2.45) is 5.92 Å². The number of methoxy groups -OCH3 is 2. The van der Waals surface area contributed by atoms with Crippen LogP contribution in [-0.4, -0.2) is 50.7 Å². The van der Waals surface area contributed by atoms with Crippen molar-refractivity contribution in [1.29, 1.82) is 0 Å². The van der Waals surface area contributed by atoms with E-state index in [4.69, 9.17) is 9.47 Å². The number of rotatable bonds is 11. The predicted molar refractivity (Wildman–Crippen MR) is 98.4 cm³/mol. The van der Waals surface area contributed by atoms with Crippen molar-refractivity contribution >= 4 is 11.9 Å². The molecule has 1 aromatic carbocycles. The molecular formula is C20H31NO4. The SMILES string of the molecule is COCCCN(CC(C)C(=O)OC)C(=O)CCCc1ccc(C)cc1. The maximum Gasteiger partial charge on any atom is 0.310 e. The van der Waals surface area contributed by atoms with Gasteiger partial charge in [-0.25, -0.2) is 0 Å². The van der Waals surface area contributed by atoms with Gasteiger partial charge in [-0.05, 0) is 31.7 Å². The number of amides is 1. The first kappa shape index (κ1) is 21.2. The summed E-state index contributed by atoms with van der Waals surface area (Å²) in [6, 6.07) is 8.39. The Bertz CT molecular complexity index is 527. The topological polar surface area (TPSA) is 55.8 Å². The first-order chi connectivity index (χ1) is 12.0. The Morgan fingerprint density at radius 2 is 1.80 bits per heavy atom. The first-order valence-electron chi connectivity index (χ1n) is 8.88. The number of esters is 1. The van der Waals surface area contributed by atoms with Gasteiger partial charge in [-0.2, -0.15) is 0 Å². The van der Waals surface area contributed by atoms with Crippen LogP contribution in [-0.2, 0) is 25.5 Å². The Balaban J connectivity index is 2.52. The third-order valence-corrected chi connectivity index (χ3v) is 4.20. The molecule has 1 rings (SSSR count). The molecule has 0 saturated heterocycles. The quantitative estimate of drug-likeness (QED) is 0.455. The number of hydrogen-bond acceptors (Lipinski definition) is 4. The van der Waals surface area contributed by atoms with Crippen LogP contribution in [0, 0.1) is 12.8 Å². The molecule has 0 fully saturated rings. The molecule has 0 aliphatic rings. The van der Waals surface area contributed by atoms with Gasteiger partial charge in [0.05, 0.1) is 13.0 Å². The molecule has 0 radical (unpaired) electrons. The largest absolute Gasteiger partial charge is 0.469 e.